The van der Waals surface area contributed by atoms with E-state index in [1.807, 2.05) is 13.8 Å². The lowest BCUT2D eigenvalue weighted by Gasteiger charge is -2.09. The van der Waals surface area contributed by atoms with Crippen molar-refractivity contribution in [3.63, 3.8) is 0 Å². The summed E-state index contributed by atoms with van der Waals surface area (Å²) in [6.07, 6.45) is 0. The van der Waals surface area contributed by atoms with E-state index >= 15 is 0 Å². The molecular weight excluding hydrogens is 298 g/mol. The Bertz CT molecular complexity index is 590. The van der Waals surface area contributed by atoms with Crippen LogP contribution in [-0.2, 0) is 0 Å². The van der Waals surface area contributed by atoms with E-state index < -0.39 is 5.97 Å². The van der Waals surface area contributed by atoms with Crippen LogP contribution < -0.4 is 0 Å². The number of carbonyl (C=O) groups is 1. The van der Waals surface area contributed by atoms with Gasteiger partial charge in [-0.3, -0.25) is 0 Å². The van der Waals surface area contributed by atoms with E-state index in [4.69, 9.17) is 9.52 Å². The van der Waals surface area contributed by atoms with Gasteiger partial charge in [0.05, 0.1) is 11.3 Å². The van der Waals surface area contributed by atoms with Crippen LogP contribution in [-0.4, -0.2) is 16.1 Å². The van der Waals surface area contributed by atoms with Crippen LogP contribution in [0.25, 0.3) is 11.5 Å². The van der Waals surface area contributed by atoms with Crippen molar-refractivity contribution >= 4 is 21.9 Å². The van der Waals surface area contributed by atoms with Gasteiger partial charge < -0.3 is 9.52 Å². The highest BCUT2D eigenvalue weighted by atomic mass is 79.9. The second-order valence-corrected chi connectivity index (χ2v) is 4.97. The largest absolute Gasteiger partial charge is 0.478 e. The van der Waals surface area contributed by atoms with Crippen LogP contribution in [0.15, 0.2) is 33.4 Å². The number of furan rings is 1. The Labute approximate surface area is 113 Å². The highest BCUT2D eigenvalue weighted by Gasteiger charge is 2.16. The molecule has 5 heteroatoms. The fourth-order valence-electron chi connectivity index (χ4n) is 1.69. The Kier molecular flexibility index (Phi) is 3.52. The topological polar surface area (TPSA) is 63.3 Å². The van der Waals surface area contributed by atoms with E-state index in [9.17, 15) is 4.79 Å². The van der Waals surface area contributed by atoms with Crippen LogP contribution in [0, 0.1) is 0 Å². The van der Waals surface area contributed by atoms with E-state index in [-0.39, 0.29) is 11.5 Å². The maximum absolute atomic E-state index is 11.1. The van der Waals surface area contributed by atoms with Gasteiger partial charge in [0.2, 0.25) is 0 Å². The number of pyridine rings is 1. The molecule has 0 atom stereocenters. The van der Waals surface area contributed by atoms with Crippen LogP contribution in [0.5, 0.6) is 0 Å². The zero-order chi connectivity index (χ0) is 13.3. The van der Waals surface area contributed by atoms with Crippen LogP contribution in [0.2, 0.25) is 0 Å². The van der Waals surface area contributed by atoms with Crippen LogP contribution in [0.1, 0.15) is 35.8 Å². The van der Waals surface area contributed by atoms with Crippen molar-refractivity contribution < 1.29 is 14.3 Å². The number of rotatable bonds is 3. The number of nitrogens with zero attached hydrogens (tertiary/aromatic N) is 1. The summed E-state index contributed by atoms with van der Waals surface area (Å²) < 4.78 is 6.03. The second-order valence-electron chi connectivity index (χ2n) is 4.19. The highest BCUT2D eigenvalue weighted by molar-refractivity contribution is 9.10. The third-order valence-corrected chi connectivity index (χ3v) is 2.95. The Morgan fingerprint density at radius 1 is 1.33 bits per heavy atom. The quantitative estimate of drug-likeness (QED) is 0.933. The lowest BCUT2D eigenvalue weighted by atomic mass is 10.0. The fraction of sp³-hybridized carbons (Fsp3) is 0.231. The molecule has 0 fully saturated rings. The molecule has 18 heavy (non-hydrogen) atoms. The molecule has 1 N–H and O–H groups in total. The third kappa shape index (κ3) is 2.46. The van der Waals surface area contributed by atoms with Gasteiger partial charge in [0, 0.05) is 0 Å². The Hall–Kier alpha value is -1.62. The molecule has 2 heterocycles. The molecule has 0 aliphatic heterocycles. The number of aromatic carboxylic acids is 1. The van der Waals surface area contributed by atoms with Crippen LogP contribution >= 0.6 is 15.9 Å². The number of hydrogen-bond donors (Lipinski definition) is 1. The molecule has 0 saturated carbocycles. The maximum Gasteiger partial charge on any atom is 0.337 e. The number of carboxylic acids is 1. The standard InChI is InChI=1S/C13H12BrNO3/c1-7(2)12-8(13(16)17)3-4-9(15-12)10-5-6-11(14)18-10/h3-7H,1-2H3,(H,16,17). The zero-order valence-corrected chi connectivity index (χ0v) is 11.6. The van der Waals surface area contributed by atoms with Gasteiger partial charge >= 0.3 is 5.97 Å². The average Bonchev–Trinajstić information content (AvgIpc) is 2.75. The van der Waals surface area contributed by atoms with Crippen molar-refractivity contribution in [3.8, 4) is 11.5 Å². The molecule has 0 aliphatic carbocycles. The van der Waals surface area contributed by atoms with E-state index in [2.05, 4.69) is 20.9 Å². The monoisotopic (exact) mass is 309 g/mol. The van der Waals surface area contributed by atoms with Crippen molar-refractivity contribution in [3.05, 3.63) is 40.2 Å². The minimum atomic E-state index is -0.960. The molecular formula is C13H12BrNO3. The first kappa shape index (κ1) is 12.8. The summed E-state index contributed by atoms with van der Waals surface area (Å²) in [5.74, 6) is -0.312. The van der Waals surface area contributed by atoms with Gasteiger partial charge in [-0.1, -0.05) is 13.8 Å². The minimum absolute atomic E-state index is 0.0365. The van der Waals surface area contributed by atoms with Crippen LogP contribution in [0.4, 0.5) is 0 Å². The smallest absolute Gasteiger partial charge is 0.337 e. The molecule has 94 valence electrons. The van der Waals surface area contributed by atoms with Gasteiger partial charge in [-0.25, -0.2) is 9.78 Å². The molecule has 0 radical (unpaired) electrons. The van der Waals surface area contributed by atoms with Crippen molar-refractivity contribution in [2.24, 2.45) is 0 Å². The maximum atomic E-state index is 11.1. The summed E-state index contributed by atoms with van der Waals surface area (Å²) in [6, 6.07) is 6.78. The van der Waals surface area contributed by atoms with Crippen molar-refractivity contribution in [2.45, 2.75) is 19.8 Å². The van der Waals surface area contributed by atoms with Gasteiger partial charge in [0.15, 0.2) is 10.4 Å². The van der Waals surface area contributed by atoms with Gasteiger partial charge in [-0.15, -0.1) is 0 Å². The molecule has 0 aromatic carbocycles. The van der Waals surface area contributed by atoms with Gasteiger partial charge in [0.25, 0.3) is 0 Å². The third-order valence-electron chi connectivity index (χ3n) is 2.53. The number of halogens is 1. The fourth-order valence-corrected chi connectivity index (χ4v) is 1.99. The average molecular weight is 310 g/mol. The highest BCUT2D eigenvalue weighted by Crippen LogP contribution is 2.26. The molecule has 0 aliphatic rings. The molecule has 2 rings (SSSR count). The normalized spacial score (nSPS) is 10.9. The SMILES string of the molecule is CC(C)c1nc(-c2ccc(Br)o2)ccc1C(=O)O. The van der Waals surface area contributed by atoms with Crippen molar-refractivity contribution in [1.82, 2.24) is 4.98 Å². The van der Waals surface area contributed by atoms with Gasteiger partial charge in [-0.2, -0.15) is 0 Å². The lowest BCUT2D eigenvalue weighted by molar-refractivity contribution is 0.0694. The summed E-state index contributed by atoms with van der Waals surface area (Å²) in [7, 11) is 0. The summed E-state index contributed by atoms with van der Waals surface area (Å²) >= 11 is 3.23. The Morgan fingerprint density at radius 2 is 2.06 bits per heavy atom. The van der Waals surface area contributed by atoms with Crippen molar-refractivity contribution in [1.29, 1.82) is 0 Å². The molecule has 0 bridgehead atoms. The first-order chi connectivity index (χ1) is 8.49. The molecule has 4 nitrogen and oxygen atoms in total. The van der Waals surface area contributed by atoms with Crippen LogP contribution in [0.3, 0.4) is 0 Å². The summed E-state index contributed by atoms with van der Waals surface area (Å²) in [6.45, 7) is 3.83. The molecule has 0 amide bonds. The zero-order valence-electron chi connectivity index (χ0n) is 9.98. The predicted octanol–water partition coefficient (Wildman–Crippen LogP) is 3.93. The molecule has 0 saturated heterocycles. The number of aromatic nitrogens is 1. The summed E-state index contributed by atoms with van der Waals surface area (Å²) in [5, 5.41) is 9.11. The lowest BCUT2D eigenvalue weighted by Crippen LogP contribution is -2.07. The van der Waals surface area contributed by atoms with E-state index in [1.165, 1.54) is 0 Å². The summed E-state index contributed by atoms with van der Waals surface area (Å²) in [5.41, 5.74) is 1.43. The minimum Gasteiger partial charge on any atom is -0.478 e. The Balaban J connectivity index is 2.53. The molecule has 2 aromatic rings. The first-order valence-electron chi connectivity index (χ1n) is 5.49. The first-order valence-corrected chi connectivity index (χ1v) is 6.28. The van der Waals surface area contributed by atoms with E-state index in [0.717, 1.165) is 0 Å². The van der Waals surface area contributed by atoms with E-state index in [0.29, 0.717) is 21.8 Å². The Morgan fingerprint density at radius 3 is 2.56 bits per heavy atom. The molecule has 0 spiro atoms. The van der Waals surface area contributed by atoms with Gasteiger partial charge in [-0.05, 0) is 46.1 Å². The molecule has 0 unspecified atom stereocenters. The van der Waals surface area contributed by atoms with Crippen molar-refractivity contribution in [2.75, 3.05) is 0 Å². The van der Waals surface area contributed by atoms with Gasteiger partial charge in [0.1, 0.15) is 5.69 Å². The molecule has 2 aromatic heterocycles. The second kappa shape index (κ2) is 4.94. The number of hydrogen-bond acceptors (Lipinski definition) is 3. The number of carboxylic acid groups (broad SMARTS) is 1. The van der Waals surface area contributed by atoms with E-state index in [1.54, 1.807) is 24.3 Å². The summed E-state index contributed by atoms with van der Waals surface area (Å²) in [4.78, 5) is 15.5. The predicted molar refractivity (Wildman–Crippen MR) is 70.7 cm³/mol.